The third-order valence-corrected chi connectivity index (χ3v) is 7.23. The molecular weight excluding hydrogens is 530 g/mol. The summed E-state index contributed by atoms with van der Waals surface area (Å²) in [5, 5.41) is 11.8. The Morgan fingerprint density at radius 2 is 1.80 bits per heavy atom. The molecule has 1 atom stereocenters. The number of allylic oxidation sites excluding steroid dienone is 1. The number of thiazole rings is 1. The second kappa shape index (κ2) is 11.4. The van der Waals surface area contributed by atoms with Crippen molar-refractivity contribution in [2.45, 2.75) is 13.0 Å². The smallest absolute Gasteiger partial charge is 0.341 e. The van der Waals surface area contributed by atoms with Crippen LogP contribution in [-0.2, 0) is 9.59 Å². The van der Waals surface area contributed by atoms with Crippen LogP contribution in [0.5, 0.6) is 11.5 Å². The molecule has 0 bridgehead atoms. The highest BCUT2D eigenvalue weighted by Crippen LogP contribution is 2.31. The number of nitrogens with one attached hydrogen (secondary N) is 1. The zero-order valence-corrected chi connectivity index (χ0v) is 22.5. The molecule has 1 unspecified atom stereocenters. The Balaban J connectivity index is 1.61. The quantitative estimate of drug-likeness (QED) is 0.344. The Labute approximate surface area is 233 Å². The van der Waals surface area contributed by atoms with Crippen molar-refractivity contribution in [3.05, 3.63) is 121 Å². The van der Waals surface area contributed by atoms with Crippen molar-refractivity contribution in [3.63, 3.8) is 0 Å². The first-order valence-corrected chi connectivity index (χ1v) is 13.1. The number of aromatic nitrogens is 1. The average Bonchev–Trinajstić information content (AvgIpc) is 3.25. The molecule has 0 saturated heterocycles. The molecule has 4 aromatic rings. The molecule has 0 radical (unpaired) electrons. The van der Waals surface area contributed by atoms with Gasteiger partial charge in [-0.05, 0) is 60.5 Å². The number of hydrogen-bond donors (Lipinski definition) is 2. The Morgan fingerprint density at radius 3 is 2.50 bits per heavy atom. The van der Waals surface area contributed by atoms with Gasteiger partial charge in [-0.15, -0.1) is 0 Å². The predicted octanol–water partition coefficient (Wildman–Crippen LogP) is 3.35. The first-order chi connectivity index (χ1) is 19.3. The van der Waals surface area contributed by atoms with E-state index in [1.165, 1.54) is 15.9 Å². The van der Waals surface area contributed by atoms with Gasteiger partial charge in [0.1, 0.15) is 11.5 Å². The Morgan fingerprint density at radius 1 is 1.05 bits per heavy atom. The zero-order chi connectivity index (χ0) is 28.2. The van der Waals surface area contributed by atoms with Crippen LogP contribution in [-0.4, -0.2) is 35.3 Å². The molecule has 0 fully saturated rings. The monoisotopic (exact) mass is 555 g/mol. The van der Waals surface area contributed by atoms with E-state index in [0.717, 1.165) is 5.56 Å². The van der Waals surface area contributed by atoms with E-state index < -0.39 is 18.6 Å². The normalized spacial score (nSPS) is 14.8. The molecule has 1 aliphatic heterocycles. The molecule has 1 aromatic heterocycles. The van der Waals surface area contributed by atoms with Crippen LogP contribution in [0.2, 0.25) is 0 Å². The maximum Gasteiger partial charge on any atom is 0.341 e. The Hall–Kier alpha value is -4.96. The maximum atomic E-state index is 13.9. The second-order valence-electron chi connectivity index (χ2n) is 8.93. The molecule has 1 amide bonds. The fraction of sp³-hybridized carbons (Fsp3) is 0.133. The number of fused-ring (bicyclic) bond motifs is 1. The Kier molecular flexibility index (Phi) is 7.61. The number of carbonyl (C=O) groups excluding carboxylic acids is 1. The molecule has 0 aliphatic carbocycles. The number of para-hydroxylation sites is 1. The minimum absolute atomic E-state index is 0.307. The van der Waals surface area contributed by atoms with E-state index in [1.807, 2.05) is 30.3 Å². The number of carboxylic acid groups (broad SMARTS) is 1. The highest BCUT2D eigenvalue weighted by Gasteiger charge is 2.32. The van der Waals surface area contributed by atoms with Gasteiger partial charge in [0, 0.05) is 5.69 Å². The summed E-state index contributed by atoms with van der Waals surface area (Å²) in [6, 6.07) is 22.4. The summed E-state index contributed by atoms with van der Waals surface area (Å²) in [5.41, 5.74) is 2.57. The van der Waals surface area contributed by atoms with E-state index in [0.29, 0.717) is 43.4 Å². The minimum Gasteiger partial charge on any atom is -0.497 e. The number of nitrogens with zero attached hydrogens (tertiary/aromatic N) is 2. The number of anilines is 1. The number of rotatable bonds is 8. The van der Waals surface area contributed by atoms with Gasteiger partial charge in [-0.3, -0.25) is 14.2 Å². The molecule has 0 saturated carbocycles. The molecule has 5 rings (SSSR count). The molecule has 2 N–H and O–H groups in total. The van der Waals surface area contributed by atoms with Gasteiger partial charge in [0.25, 0.3) is 11.5 Å². The van der Waals surface area contributed by atoms with E-state index in [2.05, 4.69) is 10.3 Å². The van der Waals surface area contributed by atoms with Crippen molar-refractivity contribution in [1.29, 1.82) is 0 Å². The third-order valence-electron chi connectivity index (χ3n) is 6.25. The van der Waals surface area contributed by atoms with E-state index in [1.54, 1.807) is 68.6 Å². The lowest BCUT2D eigenvalue weighted by Crippen LogP contribution is -2.40. The topological polar surface area (TPSA) is 119 Å². The van der Waals surface area contributed by atoms with Crippen LogP contribution in [0.15, 0.2) is 99.9 Å². The summed E-state index contributed by atoms with van der Waals surface area (Å²) in [6.07, 6.45) is 1.70. The summed E-state index contributed by atoms with van der Waals surface area (Å²) in [5.74, 6) is -0.418. The Bertz CT molecular complexity index is 1790. The predicted molar refractivity (Wildman–Crippen MR) is 151 cm³/mol. The summed E-state index contributed by atoms with van der Waals surface area (Å²) in [7, 11) is 1.57. The molecule has 40 heavy (non-hydrogen) atoms. The number of ether oxygens (including phenoxy) is 2. The molecular formula is C30H25N3O6S. The molecule has 2 heterocycles. The van der Waals surface area contributed by atoms with Crippen molar-refractivity contribution >= 4 is 35.0 Å². The van der Waals surface area contributed by atoms with Gasteiger partial charge in [0.05, 0.1) is 29.0 Å². The standard InChI is InChI=1S/C30H25N3O6S/c1-18-26(28(36)32-21-8-4-3-5-9-21)27(20-11-13-22(38-2)14-12-20)33-29(37)24(40-30(33)31-18)16-19-7-6-10-23(15-19)39-17-25(34)35/h3-16,27H,17H2,1-2H3,(H,32,36)(H,34,35)/b24-16-. The largest absolute Gasteiger partial charge is 0.497 e. The lowest BCUT2D eigenvalue weighted by molar-refractivity contribution is -0.139. The number of aliphatic carboxylic acids is 1. The van der Waals surface area contributed by atoms with E-state index in [-0.39, 0.29) is 11.5 Å². The average molecular weight is 556 g/mol. The summed E-state index contributed by atoms with van der Waals surface area (Å²) >= 11 is 1.21. The van der Waals surface area contributed by atoms with Gasteiger partial charge in [-0.25, -0.2) is 9.79 Å². The second-order valence-corrected chi connectivity index (χ2v) is 9.94. The van der Waals surface area contributed by atoms with Gasteiger partial charge < -0.3 is 19.9 Å². The van der Waals surface area contributed by atoms with Crippen LogP contribution in [0, 0.1) is 0 Å². The van der Waals surface area contributed by atoms with Crippen LogP contribution < -0.4 is 29.7 Å². The third kappa shape index (κ3) is 5.57. The molecule has 1 aliphatic rings. The highest BCUT2D eigenvalue weighted by atomic mass is 32.1. The minimum atomic E-state index is -1.08. The molecule has 3 aromatic carbocycles. The van der Waals surface area contributed by atoms with Crippen molar-refractivity contribution in [2.75, 3.05) is 19.0 Å². The number of benzene rings is 3. The SMILES string of the molecule is COc1ccc(C2C(C(=O)Nc3ccccc3)=C(C)N=c3s/c(=C\c4cccc(OCC(=O)O)c4)c(=O)n32)cc1. The first-order valence-electron chi connectivity index (χ1n) is 12.3. The van der Waals surface area contributed by atoms with E-state index in [9.17, 15) is 14.4 Å². The number of hydrogen-bond acceptors (Lipinski definition) is 7. The van der Waals surface area contributed by atoms with Crippen LogP contribution in [0.3, 0.4) is 0 Å². The van der Waals surface area contributed by atoms with Crippen LogP contribution in [0.25, 0.3) is 6.08 Å². The van der Waals surface area contributed by atoms with Gasteiger partial charge in [0.15, 0.2) is 11.4 Å². The highest BCUT2D eigenvalue weighted by molar-refractivity contribution is 7.07. The molecule has 10 heteroatoms. The molecule has 202 valence electrons. The van der Waals surface area contributed by atoms with Crippen molar-refractivity contribution in [2.24, 2.45) is 4.99 Å². The molecule has 0 spiro atoms. The van der Waals surface area contributed by atoms with Gasteiger partial charge >= 0.3 is 5.97 Å². The maximum absolute atomic E-state index is 13.9. The van der Waals surface area contributed by atoms with Crippen LogP contribution >= 0.6 is 11.3 Å². The number of carbonyl (C=O) groups is 2. The lowest BCUT2D eigenvalue weighted by Gasteiger charge is -2.25. The number of carboxylic acids is 1. The number of methoxy groups -OCH3 is 1. The van der Waals surface area contributed by atoms with Gasteiger partial charge in [0.2, 0.25) is 0 Å². The van der Waals surface area contributed by atoms with Crippen molar-refractivity contribution in [1.82, 2.24) is 4.57 Å². The van der Waals surface area contributed by atoms with Crippen molar-refractivity contribution in [3.8, 4) is 11.5 Å². The lowest BCUT2D eigenvalue weighted by atomic mass is 9.95. The van der Waals surface area contributed by atoms with E-state index >= 15 is 0 Å². The van der Waals surface area contributed by atoms with Crippen LogP contribution in [0.1, 0.15) is 24.1 Å². The van der Waals surface area contributed by atoms with Crippen LogP contribution in [0.4, 0.5) is 5.69 Å². The summed E-state index contributed by atoms with van der Waals surface area (Å²) in [6.45, 7) is 1.29. The fourth-order valence-electron chi connectivity index (χ4n) is 4.42. The van der Waals surface area contributed by atoms with E-state index in [4.69, 9.17) is 14.6 Å². The fourth-order valence-corrected chi connectivity index (χ4v) is 5.47. The van der Waals surface area contributed by atoms with Crippen molar-refractivity contribution < 1.29 is 24.2 Å². The van der Waals surface area contributed by atoms with Gasteiger partial charge in [-0.1, -0.05) is 53.8 Å². The summed E-state index contributed by atoms with van der Waals surface area (Å²) in [4.78, 5) is 43.5. The van der Waals surface area contributed by atoms with Gasteiger partial charge in [-0.2, -0.15) is 0 Å². The zero-order valence-electron chi connectivity index (χ0n) is 21.7. The summed E-state index contributed by atoms with van der Waals surface area (Å²) < 4.78 is 12.5. The first kappa shape index (κ1) is 26.6. The molecule has 9 nitrogen and oxygen atoms in total. The number of amides is 1.